The summed E-state index contributed by atoms with van der Waals surface area (Å²) in [5.74, 6) is 1.95. The molecule has 1 aromatic carbocycles. The average molecular weight is 289 g/mol. The van der Waals surface area contributed by atoms with E-state index in [0.717, 1.165) is 17.4 Å². The smallest absolute Gasteiger partial charge is 0.187 e. The number of fused-ring (bicyclic) bond motifs is 2. The Kier molecular flexibility index (Phi) is 3.87. The van der Waals surface area contributed by atoms with Crippen molar-refractivity contribution in [2.75, 3.05) is 0 Å². The van der Waals surface area contributed by atoms with E-state index in [2.05, 4.69) is 15.8 Å². The van der Waals surface area contributed by atoms with Crippen LogP contribution in [0.2, 0.25) is 0 Å². The molecule has 0 aliphatic heterocycles. The first kappa shape index (κ1) is 13.4. The molecule has 2 aliphatic rings. The normalized spacial score (nSPS) is 27.9. The van der Waals surface area contributed by atoms with Gasteiger partial charge in [-0.15, -0.1) is 0 Å². The van der Waals surface area contributed by atoms with Crippen LogP contribution in [0.25, 0.3) is 0 Å². The van der Waals surface area contributed by atoms with E-state index < -0.39 is 0 Å². The van der Waals surface area contributed by atoms with Crippen LogP contribution in [0.1, 0.15) is 31.2 Å². The van der Waals surface area contributed by atoms with Gasteiger partial charge < -0.3 is 10.4 Å². The minimum atomic E-state index is 0.253. The highest BCUT2D eigenvalue weighted by molar-refractivity contribution is 7.80. The number of nitrogens with one attached hydrogen (secondary N) is 2. The van der Waals surface area contributed by atoms with Gasteiger partial charge in [-0.3, -0.25) is 5.43 Å². The fourth-order valence-corrected chi connectivity index (χ4v) is 3.55. The van der Waals surface area contributed by atoms with Crippen LogP contribution in [-0.2, 0) is 0 Å². The fraction of sp³-hybridized carbons (Fsp3) is 0.467. The molecule has 0 amide bonds. The van der Waals surface area contributed by atoms with Gasteiger partial charge >= 0.3 is 0 Å². The molecule has 0 aromatic heterocycles. The highest BCUT2D eigenvalue weighted by Gasteiger charge is 2.39. The Morgan fingerprint density at radius 2 is 2.05 bits per heavy atom. The summed E-state index contributed by atoms with van der Waals surface area (Å²) < 4.78 is 0. The van der Waals surface area contributed by atoms with Crippen LogP contribution in [0.3, 0.4) is 0 Å². The summed E-state index contributed by atoms with van der Waals surface area (Å²) >= 11 is 5.27. The largest absolute Gasteiger partial charge is 0.508 e. The van der Waals surface area contributed by atoms with E-state index in [1.807, 2.05) is 0 Å². The first-order valence-corrected chi connectivity index (χ1v) is 7.50. The average Bonchev–Trinajstić information content (AvgIpc) is 3.03. The Labute approximate surface area is 124 Å². The molecule has 3 N–H and O–H groups in total. The number of hydrogen-bond acceptors (Lipinski definition) is 3. The molecule has 4 nitrogen and oxygen atoms in total. The van der Waals surface area contributed by atoms with Crippen LogP contribution in [0.15, 0.2) is 29.4 Å². The molecule has 5 heteroatoms. The third-order valence-corrected chi connectivity index (χ3v) is 4.54. The SMILES string of the molecule is Oc1ccc(/C=N/NC(=S)NC2CC3CCC2C3)cc1. The maximum atomic E-state index is 9.19. The van der Waals surface area contributed by atoms with Gasteiger partial charge in [0.2, 0.25) is 0 Å². The zero-order chi connectivity index (χ0) is 13.9. The zero-order valence-electron chi connectivity index (χ0n) is 11.2. The predicted molar refractivity (Wildman–Crippen MR) is 83.8 cm³/mol. The second-order valence-electron chi connectivity index (χ2n) is 5.72. The molecule has 0 heterocycles. The molecule has 0 spiro atoms. The van der Waals surface area contributed by atoms with E-state index in [9.17, 15) is 5.11 Å². The van der Waals surface area contributed by atoms with Crippen LogP contribution >= 0.6 is 12.2 Å². The fourth-order valence-electron chi connectivity index (χ4n) is 3.35. The molecule has 2 bridgehead atoms. The van der Waals surface area contributed by atoms with Gasteiger partial charge in [-0.05, 0) is 73.1 Å². The van der Waals surface area contributed by atoms with E-state index in [-0.39, 0.29) is 5.75 Å². The highest BCUT2D eigenvalue weighted by atomic mass is 32.1. The number of phenolic OH excluding ortho intramolecular Hbond substituents is 1. The Bertz CT molecular complexity index is 514. The minimum absolute atomic E-state index is 0.253. The molecule has 1 aromatic rings. The number of hydrogen-bond donors (Lipinski definition) is 3. The molecule has 3 rings (SSSR count). The van der Waals surface area contributed by atoms with Gasteiger partial charge in [0.15, 0.2) is 5.11 Å². The molecule has 0 saturated heterocycles. The van der Waals surface area contributed by atoms with Gasteiger partial charge in [-0.25, -0.2) is 0 Å². The predicted octanol–water partition coefficient (Wildman–Crippen LogP) is 2.38. The summed E-state index contributed by atoms with van der Waals surface area (Å²) in [7, 11) is 0. The first-order chi connectivity index (χ1) is 9.70. The molecule has 20 heavy (non-hydrogen) atoms. The van der Waals surface area contributed by atoms with E-state index in [1.54, 1.807) is 30.5 Å². The van der Waals surface area contributed by atoms with Crippen molar-refractivity contribution in [3.05, 3.63) is 29.8 Å². The van der Waals surface area contributed by atoms with E-state index in [4.69, 9.17) is 12.2 Å². The van der Waals surface area contributed by atoms with Gasteiger partial charge in [-0.1, -0.05) is 6.42 Å². The van der Waals surface area contributed by atoms with Crippen molar-refractivity contribution in [3.8, 4) is 5.75 Å². The Hall–Kier alpha value is -1.62. The lowest BCUT2D eigenvalue weighted by Gasteiger charge is -2.23. The summed E-state index contributed by atoms with van der Waals surface area (Å²) in [5, 5.41) is 17.3. The lowest BCUT2D eigenvalue weighted by Crippen LogP contribution is -2.42. The van der Waals surface area contributed by atoms with Gasteiger partial charge in [0, 0.05) is 6.04 Å². The number of hydrazone groups is 1. The number of benzene rings is 1. The molecule has 2 fully saturated rings. The monoisotopic (exact) mass is 289 g/mol. The molecular weight excluding hydrogens is 270 g/mol. The molecule has 2 aliphatic carbocycles. The topological polar surface area (TPSA) is 56.7 Å². The second-order valence-corrected chi connectivity index (χ2v) is 6.12. The summed E-state index contributed by atoms with van der Waals surface area (Å²) in [6.07, 6.45) is 7.02. The molecule has 3 unspecified atom stereocenters. The van der Waals surface area contributed by atoms with Crippen molar-refractivity contribution < 1.29 is 5.11 Å². The Balaban J connectivity index is 1.46. The van der Waals surface area contributed by atoms with Crippen LogP contribution < -0.4 is 10.7 Å². The van der Waals surface area contributed by atoms with Crippen molar-refractivity contribution in [1.29, 1.82) is 0 Å². The standard InChI is InChI=1S/C15H19N3OS/c19-13-5-2-10(3-6-13)9-16-18-15(20)17-14-8-11-1-4-12(14)7-11/h2-3,5-6,9,11-12,14,19H,1,4,7-8H2,(H2,17,18,20)/b16-9+. The maximum Gasteiger partial charge on any atom is 0.187 e. The summed E-state index contributed by atoms with van der Waals surface area (Å²) in [6.45, 7) is 0. The molecule has 2 saturated carbocycles. The van der Waals surface area contributed by atoms with Crippen molar-refractivity contribution in [3.63, 3.8) is 0 Å². The molecule has 106 valence electrons. The lowest BCUT2D eigenvalue weighted by molar-refractivity contribution is 0.389. The summed E-state index contributed by atoms with van der Waals surface area (Å²) in [4.78, 5) is 0. The third kappa shape index (κ3) is 3.10. The van der Waals surface area contributed by atoms with E-state index in [1.165, 1.54) is 25.7 Å². The van der Waals surface area contributed by atoms with Crippen LogP contribution in [-0.4, -0.2) is 22.5 Å². The first-order valence-electron chi connectivity index (χ1n) is 7.09. The molecule has 0 radical (unpaired) electrons. The van der Waals surface area contributed by atoms with Crippen molar-refractivity contribution in [1.82, 2.24) is 10.7 Å². The molecule has 3 atom stereocenters. The van der Waals surface area contributed by atoms with E-state index in [0.29, 0.717) is 11.2 Å². The van der Waals surface area contributed by atoms with Crippen LogP contribution in [0, 0.1) is 11.8 Å². The van der Waals surface area contributed by atoms with Gasteiger partial charge in [0.05, 0.1) is 6.21 Å². The van der Waals surface area contributed by atoms with Gasteiger partial charge in [-0.2, -0.15) is 5.10 Å². The number of aromatic hydroxyl groups is 1. The zero-order valence-corrected chi connectivity index (χ0v) is 12.1. The van der Waals surface area contributed by atoms with Gasteiger partial charge in [0.1, 0.15) is 5.75 Å². The van der Waals surface area contributed by atoms with Crippen LogP contribution in [0.4, 0.5) is 0 Å². The highest BCUT2D eigenvalue weighted by Crippen LogP contribution is 2.44. The Morgan fingerprint density at radius 1 is 1.25 bits per heavy atom. The number of nitrogens with zero attached hydrogens (tertiary/aromatic N) is 1. The number of rotatable bonds is 3. The summed E-state index contributed by atoms with van der Waals surface area (Å²) in [6, 6.07) is 7.39. The van der Waals surface area contributed by atoms with Gasteiger partial charge in [0.25, 0.3) is 0 Å². The van der Waals surface area contributed by atoms with Crippen molar-refractivity contribution in [2.24, 2.45) is 16.9 Å². The molecular formula is C15H19N3OS. The third-order valence-electron chi connectivity index (χ3n) is 4.33. The lowest BCUT2D eigenvalue weighted by atomic mass is 9.96. The number of thiocarbonyl (C=S) groups is 1. The second kappa shape index (κ2) is 5.79. The van der Waals surface area contributed by atoms with Crippen LogP contribution in [0.5, 0.6) is 5.75 Å². The van der Waals surface area contributed by atoms with E-state index >= 15 is 0 Å². The van der Waals surface area contributed by atoms with Crippen molar-refractivity contribution >= 4 is 23.5 Å². The maximum absolute atomic E-state index is 9.19. The minimum Gasteiger partial charge on any atom is -0.508 e. The number of phenols is 1. The van der Waals surface area contributed by atoms with Crippen molar-refractivity contribution in [2.45, 2.75) is 31.7 Å². The Morgan fingerprint density at radius 3 is 2.70 bits per heavy atom. The summed E-state index contributed by atoms with van der Waals surface area (Å²) in [5.41, 5.74) is 3.77. The quantitative estimate of drug-likeness (QED) is 0.454.